The van der Waals surface area contributed by atoms with E-state index in [1.807, 2.05) is 32.2 Å². The Bertz CT molecular complexity index is 971. The molecule has 0 spiro atoms. The summed E-state index contributed by atoms with van der Waals surface area (Å²) < 4.78 is 0.741. The third-order valence-corrected chi connectivity index (χ3v) is 5.65. The van der Waals surface area contributed by atoms with Crippen molar-refractivity contribution in [3.63, 3.8) is 0 Å². The molecule has 1 aliphatic heterocycles. The van der Waals surface area contributed by atoms with Gasteiger partial charge in [0, 0.05) is 32.5 Å². The topological polar surface area (TPSA) is 103 Å². The van der Waals surface area contributed by atoms with Crippen molar-refractivity contribution in [2.75, 3.05) is 30.8 Å². The molecule has 4 heterocycles. The fraction of sp³-hybridized carbons (Fsp3) is 0.333. The van der Waals surface area contributed by atoms with Crippen molar-refractivity contribution in [2.45, 2.75) is 19.1 Å². The van der Waals surface area contributed by atoms with Gasteiger partial charge in [-0.25, -0.2) is 9.97 Å². The number of nitrogens with one attached hydrogen (secondary N) is 2. The number of pyridine rings is 1. The lowest BCUT2D eigenvalue weighted by Gasteiger charge is -2.35. The van der Waals surface area contributed by atoms with Gasteiger partial charge in [0.15, 0.2) is 5.69 Å². The molecule has 3 aromatic rings. The molecule has 27 heavy (non-hydrogen) atoms. The molecule has 0 aromatic carbocycles. The van der Waals surface area contributed by atoms with E-state index in [9.17, 15) is 9.90 Å². The zero-order chi connectivity index (χ0) is 19.0. The minimum absolute atomic E-state index is 0.0626. The summed E-state index contributed by atoms with van der Waals surface area (Å²) in [5, 5.41) is 16.8. The van der Waals surface area contributed by atoms with Crippen LogP contribution in [0.1, 0.15) is 29.0 Å². The second-order valence-electron chi connectivity index (χ2n) is 6.49. The summed E-state index contributed by atoms with van der Waals surface area (Å²) >= 11 is 1.45. The third-order valence-electron chi connectivity index (χ3n) is 4.50. The highest BCUT2D eigenvalue weighted by Gasteiger charge is 2.32. The first-order valence-electron chi connectivity index (χ1n) is 8.68. The molecule has 9 heteroatoms. The number of likely N-dealkylation sites (tertiary alicyclic amines) is 1. The van der Waals surface area contributed by atoms with Crippen LogP contribution in [0.5, 0.6) is 0 Å². The minimum atomic E-state index is -0.453. The number of β-amino-alcohol motifs (C(OH)–C–C–N with tert-alkyl or cyclic N) is 1. The number of thiophene rings is 1. The van der Waals surface area contributed by atoms with Crippen molar-refractivity contribution in [2.24, 2.45) is 0 Å². The van der Waals surface area contributed by atoms with Gasteiger partial charge in [0.2, 0.25) is 5.95 Å². The first-order chi connectivity index (χ1) is 13.0. The molecular weight excluding hydrogens is 364 g/mol. The van der Waals surface area contributed by atoms with Crippen molar-refractivity contribution >= 4 is 38.4 Å². The fourth-order valence-electron chi connectivity index (χ4n) is 2.94. The van der Waals surface area contributed by atoms with Crippen LogP contribution in [0.25, 0.3) is 10.2 Å². The van der Waals surface area contributed by atoms with Gasteiger partial charge in [-0.05, 0) is 24.6 Å². The quantitative estimate of drug-likeness (QED) is 0.619. The molecule has 0 saturated carbocycles. The monoisotopic (exact) mass is 384 g/mol. The number of carbonyl (C=O) groups is 1. The van der Waals surface area contributed by atoms with Crippen molar-refractivity contribution in [1.82, 2.24) is 19.9 Å². The number of rotatable bonds is 5. The highest BCUT2D eigenvalue weighted by Crippen LogP contribution is 2.32. The number of aliphatic hydroxyl groups is 1. The largest absolute Gasteiger partial charge is 0.389 e. The van der Waals surface area contributed by atoms with Gasteiger partial charge in [-0.1, -0.05) is 6.07 Å². The molecule has 1 fully saturated rings. The van der Waals surface area contributed by atoms with E-state index < -0.39 is 6.10 Å². The molecule has 0 radical (unpaired) electrons. The van der Waals surface area contributed by atoms with Crippen molar-refractivity contribution in [3.8, 4) is 0 Å². The van der Waals surface area contributed by atoms with Gasteiger partial charge in [0.05, 0.1) is 27.4 Å². The molecule has 8 nitrogen and oxygen atoms in total. The molecule has 1 atom stereocenters. The molecule has 0 aliphatic carbocycles. The molecule has 0 bridgehead atoms. The summed E-state index contributed by atoms with van der Waals surface area (Å²) in [6.45, 7) is 2.66. The lowest BCUT2D eigenvalue weighted by Crippen LogP contribution is -2.53. The standard InChI is InChI=1S/C18H20N6O2S/c1-10(11-4-3-5-20-7-11)21-18-22-13-6-14(19-2)27-16(13)15(23-18)17(26)24-8-12(25)9-24/h3-7,10,12,19,25H,8-9H2,1-2H3,(H,21,22,23). The minimum Gasteiger partial charge on any atom is -0.389 e. The van der Waals surface area contributed by atoms with Crippen LogP contribution in [0.3, 0.4) is 0 Å². The van der Waals surface area contributed by atoms with Gasteiger partial charge in [-0.15, -0.1) is 11.3 Å². The normalized spacial score (nSPS) is 15.4. The van der Waals surface area contributed by atoms with Crippen LogP contribution in [0, 0.1) is 0 Å². The van der Waals surface area contributed by atoms with E-state index in [1.54, 1.807) is 17.3 Å². The highest BCUT2D eigenvalue weighted by molar-refractivity contribution is 7.23. The number of fused-ring (bicyclic) bond motifs is 1. The number of anilines is 2. The molecule has 4 rings (SSSR count). The number of hydrogen-bond acceptors (Lipinski definition) is 8. The van der Waals surface area contributed by atoms with Gasteiger partial charge in [-0.2, -0.15) is 0 Å². The molecule has 1 saturated heterocycles. The van der Waals surface area contributed by atoms with Crippen LogP contribution in [-0.2, 0) is 0 Å². The van der Waals surface area contributed by atoms with E-state index in [0.717, 1.165) is 15.3 Å². The van der Waals surface area contributed by atoms with Gasteiger partial charge >= 0.3 is 0 Å². The van der Waals surface area contributed by atoms with E-state index in [1.165, 1.54) is 11.3 Å². The maximum Gasteiger partial charge on any atom is 0.274 e. The maximum atomic E-state index is 12.9. The second kappa shape index (κ2) is 7.09. The Hall–Kier alpha value is -2.78. The molecule has 1 aliphatic rings. The van der Waals surface area contributed by atoms with Crippen molar-refractivity contribution < 1.29 is 9.90 Å². The molecule has 3 aromatic heterocycles. The summed E-state index contributed by atoms with van der Waals surface area (Å²) in [6.07, 6.45) is 3.06. The van der Waals surface area contributed by atoms with Gasteiger partial charge in [-0.3, -0.25) is 9.78 Å². The lowest BCUT2D eigenvalue weighted by molar-refractivity contribution is 0.00567. The third kappa shape index (κ3) is 3.43. The zero-order valence-electron chi connectivity index (χ0n) is 15.0. The zero-order valence-corrected chi connectivity index (χ0v) is 15.8. The Kier molecular flexibility index (Phi) is 4.63. The van der Waals surface area contributed by atoms with Crippen LogP contribution < -0.4 is 10.6 Å². The highest BCUT2D eigenvalue weighted by atomic mass is 32.1. The first-order valence-corrected chi connectivity index (χ1v) is 9.50. The van der Waals surface area contributed by atoms with E-state index >= 15 is 0 Å². The predicted octanol–water partition coefficient (Wildman–Crippen LogP) is 2.12. The Balaban J connectivity index is 1.69. The number of amides is 1. The van der Waals surface area contributed by atoms with Gasteiger partial charge < -0.3 is 20.6 Å². The van der Waals surface area contributed by atoms with E-state index in [-0.39, 0.29) is 11.9 Å². The summed E-state index contributed by atoms with van der Waals surface area (Å²) in [5.74, 6) is 0.206. The molecule has 1 amide bonds. The Morgan fingerprint density at radius 2 is 2.22 bits per heavy atom. The van der Waals surface area contributed by atoms with Crippen LogP contribution in [0.15, 0.2) is 30.6 Å². The van der Waals surface area contributed by atoms with Crippen LogP contribution in [-0.4, -0.2) is 57.1 Å². The average Bonchev–Trinajstić information content (AvgIpc) is 3.08. The van der Waals surface area contributed by atoms with Gasteiger partial charge in [0.1, 0.15) is 0 Å². The number of aromatic nitrogens is 3. The first kappa shape index (κ1) is 17.6. The molecule has 1 unspecified atom stereocenters. The molecule has 3 N–H and O–H groups in total. The van der Waals surface area contributed by atoms with E-state index in [4.69, 9.17) is 0 Å². The lowest BCUT2D eigenvalue weighted by atomic mass is 10.1. The number of hydrogen-bond donors (Lipinski definition) is 3. The Morgan fingerprint density at radius 1 is 1.41 bits per heavy atom. The summed E-state index contributed by atoms with van der Waals surface area (Å²) in [7, 11) is 1.83. The molecule has 140 valence electrons. The SMILES string of the molecule is CNc1cc2nc(NC(C)c3cccnc3)nc(C(=O)N3CC(O)C3)c2s1. The van der Waals surface area contributed by atoms with E-state index in [0.29, 0.717) is 30.2 Å². The number of carbonyl (C=O) groups excluding carboxylic acids is 1. The smallest absolute Gasteiger partial charge is 0.274 e. The Labute approximate surface area is 160 Å². The van der Waals surface area contributed by atoms with Crippen LogP contribution in [0.4, 0.5) is 10.9 Å². The van der Waals surface area contributed by atoms with Crippen molar-refractivity contribution in [1.29, 1.82) is 0 Å². The van der Waals surface area contributed by atoms with E-state index in [2.05, 4.69) is 25.6 Å². The van der Waals surface area contributed by atoms with Gasteiger partial charge in [0.25, 0.3) is 5.91 Å². The van der Waals surface area contributed by atoms with Crippen molar-refractivity contribution in [3.05, 3.63) is 41.9 Å². The average molecular weight is 384 g/mol. The second-order valence-corrected chi connectivity index (χ2v) is 7.54. The summed E-state index contributed by atoms with van der Waals surface area (Å²) in [4.78, 5) is 27.7. The predicted molar refractivity (Wildman–Crippen MR) is 105 cm³/mol. The number of nitrogens with zero attached hydrogens (tertiary/aromatic N) is 4. The molecular formula is C18H20N6O2S. The Morgan fingerprint density at radius 3 is 2.89 bits per heavy atom. The summed E-state index contributed by atoms with van der Waals surface area (Å²) in [5.41, 5.74) is 2.07. The van der Waals surface area contributed by atoms with Crippen LogP contribution >= 0.6 is 11.3 Å². The fourth-order valence-corrected chi connectivity index (χ4v) is 3.87. The van der Waals surface area contributed by atoms with Crippen LogP contribution in [0.2, 0.25) is 0 Å². The maximum absolute atomic E-state index is 12.9. The number of aliphatic hydroxyl groups excluding tert-OH is 1. The summed E-state index contributed by atoms with van der Waals surface area (Å²) in [6, 6.07) is 5.69.